The molecule has 30 heavy (non-hydrogen) atoms. The summed E-state index contributed by atoms with van der Waals surface area (Å²) in [5, 5.41) is 0. The number of alkyl halides is 13. The summed E-state index contributed by atoms with van der Waals surface area (Å²) < 4.78 is 193. The minimum Gasteiger partial charge on any atom is -0.300 e. The van der Waals surface area contributed by atoms with Crippen LogP contribution in [0.1, 0.15) is 13.3 Å². The van der Waals surface area contributed by atoms with Crippen molar-refractivity contribution in [3.63, 3.8) is 0 Å². The highest BCUT2D eigenvalue weighted by molar-refractivity contribution is 7.86. The van der Waals surface area contributed by atoms with Gasteiger partial charge in [0.1, 0.15) is 6.67 Å². The molecule has 0 aliphatic carbocycles. The molecule has 0 fully saturated rings. The summed E-state index contributed by atoms with van der Waals surface area (Å²) in [7, 11) is -7.10. The fourth-order valence-electron chi connectivity index (χ4n) is 0.939. The number of rotatable bonds is 8. The van der Waals surface area contributed by atoms with Crippen molar-refractivity contribution in [2.75, 3.05) is 13.3 Å². The molecule has 2 unspecified atom stereocenters. The van der Waals surface area contributed by atoms with E-state index in [0.29, 0.717) is 6.42 Å². The molecule has 186 valence electrons. The largest absolute Gasteiger partial charge is 0.491 e. The summed E-state index contributed by atoms with van der Waals surface area (Å²) >= 11 is 0. The molecule has 20 heteroatoms. The van der Waals surface area contributed by atoms with E-state index in [-0.39, 0.29) is 11.4 Å². The summed E-state index contributed by atoms with van der Waals surface area (Å²) in [5.41, 5.74) is -6.70. The van der Waals surface area contributed by atoms with Gasteiger partial charge >= 0.3 is 39.9 Å². The molecule has 0 rings (SSSR count). The van der Waals surface area contributed by atoms with Crippen molar-refractivity contribution in [2.45, 2.75) is 49.2 Å². The Morgan fingerprint density at radius 2 is 1.27 bits per heavy atom. The third-order valence-electron chi connectivity index (χ3n) is 2.28. The van der Waals surface area contributed by atoms with Gasteiger partial charge in [-0.2, -0.15) is 56.7 Å². The highest BCUT2D eigenvalue weighted by Crippen LogP contribution is 2.51. The van der Waals surface area contributed by atoms with Crippen LogP contribution in [0.15, 0.2) is 0 Å². The molecule has 0 heterocycles. The van der Waals surface area contributed by atoms with Gasteiger partial charge in [0.25, 0.3) is 0 Å². The lowest BCUT2D eigenvalue weighted by molar-refractivity contribution is -0.499. The maximum absolute atomic E-state index is 13.4. The van der Waals surface area contributed by atoms with E-state index in [1.807, 2.05) is 0 Å². The van der Waals surface area contributed by atoms with Gasteiger partial charge in [0, 0.05) is 0 Å². The number of hydrogen-bond acceptors (Lipinski definition) is 4. The predicted molar refractivity (Wildman–Crippen MR) is 68.1 cm³/mol. The second kappa shape index (κ2) is 10.9. The zero-order valence-electron chi connectivity index (χ0n) is 14.0. The van der Waals surface area contributed by atoms with E-state index in [1.165, 1.54) is 0 Å². The first kappa shape index (κ1) is 33.5. The third-order valence-corrected chi connectivity index (χ3v) is 2.97. The molecule has 0 aromatic carbocycles. The van der Waals surface area contributed by atoms with Gasteiger partial charge in [-0.1, -0.05) is 6.92 Å². The van der Waals surface area contributed by atoms with E-state index in [1.54, 1.807) is 11.7 Å². The molecule has 0 aromatic heterocycles. The maximum atomic E-state index is 13.4. The van der Waals surface area contributed by atoms with Crippen molar-refractivity contribution in [2.24, 2.45) is 0 Å². The van der Waals surface area contributed by atoms with Gasteiger partial charge in [-0.3, -0.25) is 23.1 Å². The first-order valence-corrected chi connectivity index (χ1v) is 8.03. The van der Waals surface area contributed by atoms with Gasteiger partial charge in [-0.15, -0.1) is 0 Å². The Kier molecular flexibility index (Phi) is 12.2. The smallest absolute Gasteiger partial charge is 0.300 e. The lowest BCUT2D eigenvalue weighted by Crippen LogP contribution is -2.63. The maximum Gasteiger partial charge on any atom is 0.491 e. The first-order valence-electron chi connectivity index (χ1n) is 6.59. The summed E-state index contributed by atoms with van der Waals surface area (Å²) in [6.45, 7) is -1.37. The Morgan fingerprint density at radius 3 is 1.47 bits per heavy atom. The molecular weight excluding hydrogens is 498 g/mol. The topological polar surface area (TPSA) is 72.8 Å². The summed E-state index contributed by atoms with van der Waals surface area (Å²) in [6, 6.07) is 0. The molecule has 5 nitrogen and oxygen atoms in total. The average molecular weight is 510 g/mol. The quantitative estimate of drug-likeness (QED) is 0.379. The van der Waals surface area contributed by atoms with E-state index < -0.39 is 52.7 Å². The zero-order chi connectivity index (χ0) is 24.1. The van der Waals surface area contributed by atoms with E-state index >= 15 is 0 Å². The van der Waals surface area contributed by atoms with Crippen molar-refractivity contribution in [3.05, 3.63) is 0 Å². The van der Waals surface area contributed by atoms with Crippen LogP contribution in [0.3, 0.4) is 0 Å². The van der Waals surface area contributed by atoms with Gasteiger partial charge in [-0.05, 0) is 6.42 Å². The zero-order valence-corrected chi connectivity index (χ0v) is 14.8. The van der Waals surface area contributed by atoms with Crippen LogP contribution < -0.4 is 0 Å². The number of halogens is 14. The van der Waals surface area contributed by atoms with E-state index in [9.17, 15) is 65.5 Å². The molecule has 0 saturated heterocycles. The molecule has 0 aromatic rings. The molecule has 2 atom stereocenters. The van der Waals surface area contributed by atoms with Crippen molar-refractivity contribution in [1.82, 2.24) is 0 Å². The molecule has 1 N–H and O–H groups in total. The highest BCUT2D eigenvalue weighted by atomic mass is 32.2. The van der Waals surface area contributed by atoms with Crippen LogP contribution in [0.25, 0.3) is 0 Å². The normalized spacial score (nSPS) is 16.6. The second-order valence-corrected chi connectivity index (χ2v) is 6.07. The van der Waals surface area contributed by atoms with Crippen molar-refractivity contribution >= 4 is 10.1 Å². The van der Waals surface area contributed by atoms with Gasteiger partial charge in [0.2, 0.25) is 0 Å². The second-order valence-electron chi connectivity index (χ2n) is 4.64. The third kappa shape index (κ3) is 8.53. The summed E-state index contributed by atoms with van der Waals surface area (Å²) in [5.74, 6) is -7.24. The Labute approximate surface area is 158 Å². The van der Waals surface area contributed by atoms with E-state index in [2.05, 4.69) is 4.74 Å². The van der Waals surface area contributed by atoms with Crippen molar-refractivity contribution in [1.29, 1.82) is 0 Å². The summed E-state index contributed by atoms with van der Waals surface area (Å²) in [4.78, 5) is 0. The van der Waals surface area contributed by atoms with E-state index in [4.69, 9.17) is 4.55 Å². The fourth-order valence-corrected chi connectivity index (χ4v) is 1.16. The van der Waals surface area contributed by atoms with Crippen LogP contribution in [0, 0.1) is 0 Å². The van der Waals surface area contributed by atoms with Gasteiger partial charge in [0.15, 0.2) is 6.10 Å². The molecule has 0 amide bonds. The van der Waals surface area contributed by atoms with Crippen LogP contribution in [0.4, 0.5) is 61.8 Å². The van der Waals surface area contributed by atoms with E-state index in [0.717, 1.165) is 0 Å². The number of ether oxygens (including phenoxy) is 2. The van der Waals surface area contributed by atoms with Crippen LogP contribution in [-0.2, 0) is 19.6 Å². The standard InChI is InChI=1S/C7H4F12O5S.C3H7F.FH/c8-1-2(3(9,10)11)23-6(16,17)4(12,5(13,14)15)24-7(18,19)25(20,21)22;1-2-3-4;/h2H,1H2,(H,20,21,22);2-3H2,1H3;1H. The minimum absolute atomic E-state index is 0. The fraction of sp³-hybridized carbons (Fsp3) is 1.00. The van der Waals surface area contributed by atoms with Crippen LogP contribution in [0.2, 0.25) is 0 Å². The minimum atomic E-state index is -7.34. The Bertz CT molecular complexity index is 601. The highest BCUT2D eigenvalue weighted by Gasteiger charge is 2.79. The van der Waals surface area contributed by atoms with Crippen molar-refractivity contribution in [3.8, 4) is 0 Å². The molecular formula is C10H12F14O5S. The Balaban J connectivity index is -0.00000133. The molecule has 0 spiro atoms. The van der Waals surface area contributed by atoms with Crippen LogP contribution >= 0.6 is 0 Å². The van der Waals surface area contributed by atoms with Gasteiger partial charge in [0.05, 0.1) is 6.67 Å². The Hall–Kier alpha value is -1.15. The molecule has 0 bridgehead atoms. The van der Waals surface area contributed by atoms with Gasteiger partial charge < -0.3 is 0 Å². The lowest BCUT2D eigenvalue weighted by atomic mass is 10.2. The molecule has 0 radical (unpaired) electrons. The molecule has 0 aliphatic heterocycles. The van der Waals surface area contributed by atoms with Crippen molar-refractivity contribution < 1.29 is 84.2 Å². The Morgan fingerprint density at radius 1 is 0.900 bits per heavy atom. The van der Waals surface area contributed by atoms with Gasteiger partial charge in [-0.25, -0.2) is 4.39 Å². The monoisotopic (exact) mass is 510 g/mol. The average Bonchev–Trinajstić information content (AvgIpc) is 2.48. The SMILES string of the molecule is CCCF.F.O=S(=O)(O)C(F)(F)OC(F)(C(F)(F)F)C(F)(F)OC(CF)C(F)(F)F. The van der Waals surface area contributed by atoms with Crippen LogP contribution in [-0.4, -0.2) is 62.2 Å². The first-order chi connectivity index (χ1) is 12.5. The molecule has 0 saturated carbocycles. The number of hydrogen-bond donors (Lipinski definition) is 1. The van der Waals surface area contributed by atoms with Crippen LogP contribution in [0.5, 0.6) is 0 Å². The molecule has 0 aliphatic rings. The predicted octanol–water partition coefficient (Wildman–Crippen LogP) is 4.70. The lowest BCUT2D eigenvalue weighted by Gasteiger charge is -2.36. The summed E-state index contributed by atoms with van der Waals surface area (Å²) in [6.07, 6.45) is -24.3.